The maximum Gasteiger partial charge on any atom is 0.343 e. The minimum Gasteiger partial charge on any atom is -0.508 e. The Balaban J connectivity index is 1.75. The number of amides is 1. The number of hydrogen-bond acceptors (Lipinski definition) is 7. The van der Waals surface area contributed by atoms with Gasteiger partial charge in [-0.2, -0.15) is 0 Å². The third-order valence-corrected chi connectivity index (χ3v) is 6.21. The highest BCUT2D eigenvalue weighted by molar-refractivity contribution is 6.15. The number of aromatic hydroxyl groups is 2. The highest BCUT2D eigenvalue weighted by Crippen LogP contribution is 2.46. The monoisotopic (exact) mass is 501 g/mol. The molecule has 0 saturated heterocycles. The number of fused-ring (bicyclic) bond motifs is 2. The van der Waals surface area contributed by atoms with Crippen LogP contribution in [0, 0.1) is 0 Å². The molecule has 192 valence electrons. The van der Waals surface area contributed by atoms with Gasteiger partial charge in [0, 0.05) is 38.5 Å². The first kappa shape index (κ1) is 25.6. The van der Waals surface area contributed by atoms with Crippen LogP contribution in [-0.2, 0) is 0 Å². The van der Waals surface area contributed by atoms with Gasteiger partial charge in [0.25, 0.3) is 5.91 Å². The molecule has 3 aromatic rings. The van der Waals surface area contributed by atoms with Crippen LogP contribution in [0.1, 0.15) is 47.4 Å². The van der Waals surface area contributed by atoms with Gasteiger partial charge < -0.3 is 30.1 Å². The zero-order valence-corrected chi connectivity index (χ0v) is 21.4. The fourth-order valence-electron chi connectivity index (χ4n) is 4.22. The van der Waals surface area contributed by atoms with E-state index < -0.39 is 5.97 Å². The standard InChI is InChI=1S/C29H31N3O5/c1-5-7-18(2)14-15-32-23-16-21(33)17-24(34)27(23)30-26-22(28(32)35)8-6-9-25(26)37-29(36)19-10-12-20(13-11-19)31(3)4/h6,8-14,16-17,30,33-34H,5,7,15H2,1-4H3/b18-14+. The Bertz CT molecular complexity index is 1360. The van der Waals surface area contributed by atoms with Crippen molar-refractivity contribution in [1.82, 2.24) is 0 Å². The summed E-state index contributed by atoms with van der Waals surface area (Å²) in [4.78, 5) is 30.1. The van der Waals surface area contributed by atoms with Gasteiger partial charge in [-0.15, -0.1) is 0 Å². The first-order chi connectivity index (χ1) is 17.7. The first-order valence-electron chi connectivity index (χ1n) is 12.1. The Morgan fingerprint density at radius 1 is 1.08 bits per heavy atom. The maximum absolute atomic E-state index is 13.8. The number of hydrogen-bond donors (Lipinski definition) is 3. The summed E-state index contributed by atoms with van der Waals surface area (Å²) in [5.74, 6) is -1.22. The summed E-state index contributed by atoms with van der Waals surface area (Å²) in [6.45, 7) is 4.32. The van der Waals surface area contributed by atoms with Crippen LogP contribution in [0.25, 0.3) is 0 Å². The van der Waals surface area contributed by atoms with Crippen LogP contribution in [0.2, 0.25) is 0 Å². The molecule has 0 radical (unpaired) electrons. The highest BCUT2D eigenvalue weighted by atomic mass is 16.5. The van der Waals surface area contributed by atoms with Gasteiger partial charge in [-0.25, -0.2) is 4.79 Å². The Labute approximate surface area is 216 Å². The number of benzene rings is 3. The Hall–Kier alpha value is -4.46. The number of para-hydroxylation sites is 1. The van der Waals surface area contributed by atoms with Crippen LogP contribution in [-0.4, -0.2) is 42.7 Å². The summed E-state index contributed by atoms with van der Waals surface area (Å²) >= 11 is 0. The first-order valence-corrected chi connectivity index (χ1v) is 12.1. The Kier molecular flexibility index (Phi) is 7.38. The average molecular weight is 502 g/mol. The summed E-state index contributed by atoms with van der Waals surface area (Å²) < 4.78 is 5.72. The summed E-state index contributed by atoms with van der Waals surface area (Å²) in [5.41, 5.74) is 3.49. The number of nitrogens with one attached hydrogen (secondary N) is 1. The molecule has 37 heavy (non-hydrogen) atoms. The van der Waals surface area contributed by atoms with E-state index >= 15 is 0 Å². The number of phenols is 2. The fraction of sp³-hybridized carbons (Fsp3) is 0.241. The molecule has 0 spiro atoms. The molecule has 1 aliphatic heterocycles. The van der Waals surface area contributed by atoms with E-state index in [1.165, 1.54) is 17.0 Å². The van der Waals surface area contributed by atoms with Crippen molar-refractivity contribution in [1.29, 1.82) is 0 Å². The van der Waals surface area contributed by atoms with Crippen LogP contribution in [0.15, 0.2) is 66.2 Å². The van der Waals surface area contributed by atoms with Crippen molar-refractivity contribution in [3.8, 4) is 17.2 Å². The molecule has 0 saturated carbocycles. The van der Waals surface area contributed by atoms with Crippen LogP contribution < -0.4 is 19.9 Å². The molecule has 0 fully saturated rings. The number of allylic oxidation sites excluding steroid dienone is 1. The molecule has 8 nitrogen and oxygen atoms in total. The zero-order valence-electron chi connectivity index (χ0n) is 21.4. The predicted octanol–water partition coefficient (Wildman–Crippen LogP) is 5.83. The maximum atomic E-state index is 13.8. The fourth-order valence-corrected chi connectivity index (χ4v) is 4.22. The van der Waals surface area contributed by atoms with E-state index in [1.54, 1.807) is 30.3 Å². The molecule has 8 heteroatoms. The summed E-state index contributed by atoms with van der Waals surface area (Å²) in [7, 11) is 3.82. The van der Waals surface area contributed by atoms with Crippen LogP contribution in [0.5, 0.6) is 17.2 Å². The minimum atomic E-state index is -0.581. The number of carbonyl (C=O) groups is 2. The molecule has 0 aliphatic carbocycles. The third-order valence-electron chi connectivity index (χ3n) is 6.21. The topological polar surface area (TPSA) is 102 Å². The van der Waals surface area contributed by atoms with E-state index in [0.717, 1.165) is 24.1 Å². The van der Waals surface area contributed by atoms with Gasteiger partial charge >= 0.3 is 5.97 Å². The number of anilines is 4. The number of carbonyl (C=O) groups excluding carboxylic acids is 2. The molecular formula is C29H31N3O5. The van der Waals surface area contributed by atoms with Gasteiger partial charge in [0.05, 0.1) is 22.5 Å². The lowest BCUT2D eigenvalue weighted by molar-refractivity contribution is 0.0735. The second-order valence-electron chi connectivity index (χ2n) is 9.21. The lowest BCUT2D eigenvalue weighted by Gasteiger charge is -2.22. The SMILES string of the molecule is CCC/C(C)=C/CN1C(=O)c2cccc(OC(=O)c3ccc(N(C)C)cc3)c2Nc2c(O)cc(O)cc21. The smallest absolute Gasteiger partial charge is 0.343 e. The van der Waals surface area contributed by atoms with E-state index in [1.807, 2.05) is 44.1 Å². The zero-order chi connectivity index (χ0) is 26.7. The lowest BCUT2D eigenvalue weighted by atomic mass is 10.1. The molecule has 1 heterocycles. The largest absolute Gasteiger partial charge is 0.508 e. The van der Waals surface area contributed by atoms with Gasteiger partial charge in [0.15, 0.2) is 5.75 Å². The molecule has 0 bridgehead atoms. The number of nitrogens with zero attached hydrogens (tertiary/aromatic N) is 2. The number of rotatable bonds is 7. The average Bonchev–Trinajstić information content (AvgIpc) is 2.98. The molecule has 0 atom stereocenters. The van der Waals surface area contributed by atoms with Crippen molar-refractivity contribution < 1.29 is 24.5 Å². The molecule has 0 unspecified atom stereocenters. The van der Waals surface area contributed by atoms with Crippen molar-refractivity contribution in [3.05, 3.63) is 77.4 Å². The van der Waals surface area contributed by atoms with Crippen molar-refractivity contribution in [2.24, 2.45) is 0 Å². The quantitative estimate of drug-likeness (QED) is 0.123. The minimum absolute atomic E-state index is 0.144. The van der Waals surface area contributed by atoms with E-state index in [0.29, 0.717) is 11.3 Å². The molecule has 0 aromatic heterocycles. The Morgan fingerprint density at radius 2 is 1.81 bits per heavy atom. The lowest BCUT2D eigenvalue weighted by Crippen LogP contribution is -2.30. The molecular weight excluding hydrogens is 470 g/mol. The second kappa shape index (κ2) is 10.7. The van der Waals surface area contributed by atoms with Gasteiger partial charge in [-0.05, 0) is 49.7 Å². The van der Waals surface area contributed by atoms with Gasteiger partial charge in [0.2, 0.25) is 0 Å². The van der Waals surface area contributed by atoms with E-state index in [9.17, 15) is 19.8 Å². The van der Waals surface area contributed by atoms with Crippen LogP contribution in [0.3, 0.4) is 0 Å². The summed E-state index contributed by atoms with van der Waals surface area (Å²) in [5, 5.41) is 24.0. The van der Waals surface area contributed by atoms with Crippen LogP contribution >= 0.6 is 0 Å². The summed E-state index contributed by atoms with van der Waals surface area (Å²) in [6.07, 6.45) is 3.83. The molecule has 1 amide bonds. The molecule has 1 aliphatic rings. The summed E-state index contributed by atoms with van der Waals surface area (Å²) in [6, 6.07) is 14.5. The third kappa shape index (κ3) is 5.38. The van der Waals surface area contributed by atoms with Crippen molar-refractivity contribution >= 4 is 34.6 Å². The molecule has 4 rings (SSSR count). The van der Waals surface area contributed by atoms with Gasteiger partial charge in [-0.3, -0.25) is 4.79 Å². The van der Waals surface area contributed by atoms with Gasteiger partial charge in [0.1, 0.15) is 17.2 Å². The number of esters is 1. The van der Waals surface area contributed by atoms with E-state index in [4.69, 9.17) is 4.74 Å². The predicted molar refractivity (Wildman–Crippen MR) is 146 cm³/mol. The Morgan fingerprint density at radius 3 is 2.49 bits per heavy atom. The van der Waals surface area contributed by atoms with Crippen molar-refractivity contribution in [2.75, 3.05) is 35.8 Å². The van der Waals surface area contributed by atoms with Crippen LogP contribution in [0.4, 0.5) is 22.7 Å². The normalized spacial score (nSPS) is 12.8. The van der Waals surface area contributed by atoms with Crippen molar-refractivity contribution in [3.63, 3.8) is 0 Å². The van der Waals surface area contributed by atoms with Crippen molar-refractivity contribution in [2.45, 2.75) is 26.7 Å². The molecule has 3 aromatic carbocycles. The van der Waals surface area contributed by atoms with E-state index in [2.05, 4.69) is 12.2 Å². The number of ether oxygens (including phenoxy) is 1. The van der Waals surface area contributed by atoms with E-state index in [-0.39, 0.29) is 46.6 Å². The highest BCUT2D eigenvalue weighted by Gasteiger charge is 2.31. The van der Waals surface area contributed by atoms with Gasteiger partial charge in [-0.1, -0.05) is 31.1 Å². The molecule has 3 N–H and O–H groups in total. The number of phenolic OH excluding ortho intramolecular Hbond substituents is 2. The second-order valence-corrected chi connectivity index (χ2v) is 9.21.